The van der Waals surface area contributed by atoms with Gasteiger partial charge in [0.05, 0.1) is 0 Å². The third-order valence-corrected chi connectivity index (χ3v) is 2.25. The van der Waals surface area contributed by atoms with Crippen LogP contribution in [0.15, 0.2) is 12.1 Å². The molecule has 0 atom stereocenters. The van der Waals surface area contributed by atoms with Gasteiger partial charge in [-0.25, -0.2) is 0 Å². The summed E-state index contributed by atoms with van der Waals surface area (Å²) in [7, 11) is 1.85. The lowest BCUT2D eigenvalue weighted by atomic mass is 9.96. The van der Waals surface area contributed by atoms with Gasteiger partial charge in [-0.05, 0) is 12.1 Å². The van der Waals surface area contributed by atoms with Crippen LogP contribution >= 0.6 is 34.8 Å². The van der Waals surface area contributed by atoms with E-state index in [1.165, 1.54) is 0 Å². The van der Waals surface area contributed by atoms with E-state index in [-0.39, 0.29) is 0 Å². The van der Waals surface area contributed by atoms with Crippen molar-refractivity contribution in [2.45, 2.75) is 0 Å². The van der Waals surface area contributed by atoms with Crippen LogP contribution in [0.1, 0.15) is 0 Å². The minimum atomic E-state index is 0.570. The molecule has 0 aromatic heterocycles. The van der Waals surface area contributed by atoms with Crippen molar-refractivity contribution < 1.29 is 0 Å². The molecule has 0 amide bonds. The Morgan fingerprint density at radius 1 is 1.00 bits per heavy atom. The third kappa shape index (κ3) is 1.60. The number of rotatable bonds is 0. The van der Waals surface area contributed by atoms with Crippen molar-refractivity contribution >= 4 is 48.1 Å². The molecule has 0 nitrogen and oxygen atoms in total. The van der Waals surface area contributed by atoms with Gasteiger partial charge in [-0.2, -0.15) is 0 Å². The maximum absolute atomic E-state index is 5.75. The highest BCUT2D eigenvalue weighted by atomic mass is 35.5. The van der Waals surface area contributed by atoms with Crippen molar-refractivity contribution in [2.75, 3.05) is 0 Å². The molecule has 0 spiro atoms. The number of halogens is 3. The average molecular weight is 193 g/mol. The Morgan fingerprint density at radius 2 is 1.40 bits per heavy atom. The predicted octanol–water partition coefficient (Wildman–Crippen LogP) is 1.91. The molecule has 0 bridgehead atoms. The van der Waals surface area contributed by atoms with Crippen molar-refractivity contribution in [3.05, 3.63) is 27.2 Å². The minimum Gasteiger partial charge on any atom is -0.0849 e. The van der Waals surface area contributed by atoms with Gasteiger partial charge < -0.3 is 0 Å². The Balaban J connectivity index is 3.31. The SMILES string of the molecule is Bc1c(Cl)cc(Cl)cc1Cl. The van der Waals surface area contributed by atoms with Gasteiger partial charge in [-0.1, -0.05) is 40.3 Å². The fourth-order valence-electron chi connectivity index (χ4n) is 0.614. The lowest BCUT2D eigenvalue weighted by molar-refractivity contribution is 1.76. The largest absolute Gasteiger partial charge is 0.143 e. The minimum absolute atomic E-state index is 0.570. The average Bonchev–Trinajstić information content (AvgIpc) is 1.82. The summed E-state index contributed by atoms with van der Waals surface area (Å²) < 4.78 is 0. The molecule has 1 aromatic carbocycles. The van der Waals surface area contributed by atoms with Crippen molar-refractivity contribution in [3.63, 3.8) is 0 Å². The second-order valence-corrected chi connectivity index (χ2v) is 3.25. The van der Waals surface area contributed by atoms with Gasteiger partial charge in [0.15, 0.2) is 0 Å². The summed E-state index contributed by atoms with van der Waals surface area (Å²) in [6.07, 6.45) is 0. The molecule has 1 aromatic rings. The maximum atomic E-state index is 5.75. The van der Waals surface area contributed by atoms with Crippen LogP contribution in [-0.4, -0.2) is 7.85 Å². The zero-order valence-electron chi connectivity index (χ0n) is 5.29. The molecule has 0 fully saturated rings. The Kier molecular flexibility index (Phi) is 2.51. The zero-order chi connectivity index (χ0) is 7.72. The van der Waals surface area contributed by atoms with E-state index in [9.17, 15) is 0 Å². The van der Waals surface area contributed by atoms with Gasteiger partial charge in [0.2, 0.25) is 0 Å². The van der Waals surface area contributed by atoms with Crippen LogP contribution in [0.2, 0.25) is 15.1 Å². The van der Waals surface area contributed by atoms with E-state index in [2.05, 4.69) is 0 Å². The molecular weight excluding hydrogens is 189 g/mol. The Morgan fingerprint density at radius 3 is 1.80 bits per heavy atom. The summed E-state index contributed by atoms with van der Waals surface area (Å²) in [4.78, 5) is 0. The van der Waals surface area contributed by atoms with Crippen molar-refractivity contribution in [1.82, 2.24) is 0 Å². The fourth-order valence-corrected chi connectivity index (χ4v) is 1.43. The summed E-state index contributed by atoms with van der Waals surface area (Å²) in [5.74, 6) is 0. The first-order valence-corrected chi connectivity index (χ1v) is 3.86. The summed E-state index contributed by atoms with van der Waals surface area (Å²) >= 11 is 17.2. The molecule has 0 aliphatic carbocycles. The summed E-state index contributed by atoms with van der Waals surface area (Å²) in [5.41, 5.74) is 0.868. The van der Waals surface area contributed by atoms with E-state index in [1.54, 1.807) is 12.1 Å². The molecule has 0 aliphatic heterocycles. The molecule has 0 N–H and O–H groups in total. The molecule has 4 heteroatoms. The highest BCUT2D eigenvalue weighted by Gasteiger charge is 2.00. The van der Waals surface area contributed by atoms with Crippen LogP contribution in [0.5, 0.6) is 0 Å². The first kappa shape index (κ1) is 8.25. The molecule has 0 unspecified atom stereocenters. The Hall–Kier alpha value is 0.155. The normalized spacial score (nSPS) is 9.90. The Bertz CT molecular complexity index is 236. The number of hydrogen-bond donors (Lipinski definition) is 0. The summed E-state index contributed by atoms with van der Waals surface area (Å²) in [6, 6.07) is 3.34. The van der Waals surface area contributed by atoms with Gasteiger partial charge in [-0.3, -0.25) is 0 Å². The van der Waals surface area contributed by atoms with Crippen LogP contribution in [0, 0.1) is 0 Å². The smallest absolute Gasteiger partial charge is 0.0849 e. The zero-order valence-corrected chi connectivity index (χ0v) is 7.56. The molecule has 1 rings (SSSR count). The Labute approximate surface area is 75.5 Å². The van der Waals surface area contributed by atoms with Gasteiger partial charge in [0, 0.05) is 15.1 Å². The van der Waals surface area contributed by atoms with Crippen molar-refractivity contribution in [1.29, 1.82) is 0 Å². The quantitative estimate of drug-likeness (QED) is 0.552. The molecule has 52 valence electrons. The number of benzene rings is 1. The monoisotopic (exact) mass is 192 g/mol. The lowest BCUT2D eigenvalue weighted by Crippen LogP contribution is -2.04. The van der Waals surface area contributed by atoms with Crippen LogP contribution < -0.4 is 5.46 Å². The standard InChI is InChI=1S/C6H4BCl3/c7-6-4(9)1-3(8)2-5(6)10/h1-2H,7H2. The molecule has 0 saturated heterocycles. The van der Waals surface area contributed by atoms with Gasteiger partial charge in [0.25, 0.3) is 0 Å². The van der Waals surface area contributed by atoms with Crippen LogP contribution in [0.3, 0.4) is 0 Å². The molecule has 0 heterocycles. The highest BCUT2D eigenvalue weighted by molar-refractivity contribution is 6.52. The van der Waals surface area contributed by atoms with Gasteiger partial charge in [-0.15, -0.1) is 0 Å². The van der Waals surface area contributed by atoms with E-state index < -0.39 is 0 Å². The van der Waals surface area contributed by atoms with E-state index in [0.717, 1.165) is 5.46 Å². The maximum Gasteiger partial charge on any atom is 0.143 e. The molecule has 10 heavy (non-hydrogen) atoms. The number of hydrogen-bond acceptors (Lipinski definition) is 0. The lowest BCUT2D eigenvalue weighted by Gasteiger charge is -2.00. The van der Waals surface area contributed by atoms with Crippen LogP contribution in [0.4, 0.5) is 0 Å². The molecule has 0 aliphatic rings. The molecular formula is C6H4BCl3. The predicted molar refractivity (Wildman–Crippen MR) is 49.7 cm³/mol. The van der Waals surface area contributed by atoms with Gasteiger partial charge in [0.1, 0.15) is 7.85 Å². The first-order chi connectivity index (χ1) is 4.61. The van der Waals surface area contributed by atoms with E-state index in [0.29, 0.717) is 15.1 Å². The topological polar surface area (TPSA) is 0 Å². The van der Waals surface area contributed by atoms with E-state index in [4.69, 9.17) is 34.8 Å². The van der Waals surface area contributed by atoms with Crippen molar-refractivity contribution in [3.8, 4) is 0 Å². The molecule has 0 saturated carbocycles. The van der Waals surface area contributed by atoms with Crippen LogP contribution in [0.25, 0.3) is 0 Å². The second kappa shape index (κ2) is 3.04. The van der Waals surface area contributed by atoms with Crippen molar-refractivity contribution in [2.24, 2.45) is 0 Å². The summed E-state index contributed by atoms with van der Waals surface area (Å²) in [6.45, 7) is 0. The van der Waals surface area contributed by atoms with E-state index in [1.807, 2.05) is 7.85 Å². The molecule has 0 radical (unpaired) electrons. The fraction of sp³-hybridized carbons (Fsp3) is 0. The van der Waals surface area contributed by atoms with E-state index >= 15 is 0 Å². The van der Waals surface area contributed by atoms with Crippen LogP contribution in [-0.2, 0) is 0 Å². The first-order valence-electron chi connectivity index (χ1n) is 2.72. The second-order valence-electron chi connectivity index (χ2n) is 1.99. The summed E-state index contributed by atoms with van der Waals surface area (Å²) in [5, 5.41) is 1.79. The van der Waals surface area contributed by atoms with Gasteiger partial charge >= 0.3 is 0 Å². The third-order valence-electron chi connectivity index (χ3n) is 1.25. The highest BCUT2D eigenvalue weighted by Crippen LogP contribution is 2.19.